The number of methoxy groups -OCH3 is 1. The van der Waals surface area contributed by atoms with Gasteiger partial charge in [0.2, 0.25) is 0 Å². The van der Waals surface area contributed by atoms with E-state index in [1.54, 1.807) is 12.7 Å². The van der Waals surface area contributed by atoms with Gasteiger partial charge in [0.15, 0.2) is 0 Å². The Hall–Kier alpha value is -2.25. The van der Waals surface area contributed by atoms with Gasteiger partial charge in [-0.25, -0.2) is 0 Å². The zero-order chi connectivity index (χ0) is 38.7. The van der Waals surface area contributed by atoms with Crippen LogP contribution in [0.3, 0.4) is 0 Å². The van der Waals surface area contributed by atoms with Gasteiger partial charge in [-0.3, -0.25) is 4.79 Å². The van der Waals surface area contributed by atoms with Crippen LogP contribution in [0.4, 0.5) is 0 Å². The summed E-state index contributed by atoms with van der Waals surface area (Å²) in [5.41, 5.74) is 2.21. The third-order valence-electron chi connectivity index (χ3n) is 15.3. The third-order valence-corrected chi connectivity index (χ3v) is 20.4. The molecule has 5 nitrogen and oxygen atoms in total. The summed E-state index contributed by atoms with van der Waals surface area (Å²) in [6.45, 7) is 19.6. The van der Waals surface area contributed by atoms with E-state index in [1.165, 1.54) is 48.9 Å². The second-order valence-corrected chi connectivity index (χ2v) is 23.3. The van der Waals surface area contributed by atoms with E-state index in [0.717, 1.165) is 43.4 Å². The number of carbonyl (C=O) groups excluding carboxylic acids is 1. The summed E-state index contributed by atoms with van der Waals surface area (Å²) in [5.74, 6) is 2.91. The highest BCUT2D eigenvalue weighted by Crippen LogP contribution is 2.67. The lowest BCUT2D eigenvalue weighted by Crippen LogP contribution is -2.68. The zero-order valence-corrected chi connectivity index (χ0v) is 36.2. The molecule has 0 heterocycles. The fourth-order valence-electron chi connectivity index (χ4n) is 12.6. The normalized spacial score (nSPS) is 31.4. The highest BCUT2D eigenvalue weighted by molar-refractivity contribution is 6.99. The molecule has 2 aromatic rings. The fourth-order valence-corrected chi connectivity index (χ4v) is 17.4. The highest BCUT2D eigenvalue weighted by atomic mass is 28.4. The number of hydrogen-bond donors (Lipinski definition) is 0. The summed E-state index contributed by atoms with van der Waals surface area (Å²) < 4.78 is 25.2. The Morgan fingerprint density at radius 1 is 0.907 bits per heavy atom. The average Bonchev–Trinajstić information content (AvgIpc) is 3.52. The molecule has 0 radical (unpaired) electrons. The topological polar surface area (TPSA) is 54.0 Å². The van der Waals surface area contributed by atoms with Crippen molar-refractivity contribution in [3.63, 3.8) is 0 Å². The van der Waals surface area contributed by atoms with Crippen molar-refractivity contribution >= 4 is 24.7 Å². The van der Waals surface area contributed by atoms with Gasteiger partial charge in [0, 0.05) is 13.2 Å². The van der Waals surface area contributed by atoms with Gasteiger partial charge in [0.25, 0.3) is 8.32 Å². The molecule has 0 unspecified atom stereocenters. The number of carbonyl (C=O) groups is 1. The SMILES string of the molecule is CCC[C@H](C[C@H](OCOC)[C@@H](C)[C@H]1CC[C@H]2[C@@H]3CC=C4C[C@@H](O[Si](c5ccccc5)(c5ccccc5)C(C)(C)C)CC[C@]4(C)[C@H]3CC[C@]12C)C(=O)OCC. The summed E-state index contributed by atoms with van der Waals surface area (Å²) in [6.07, 6.45) is 15.2. The summed E-state index contributed by atoms with van der Waals surface area (Å²) in [5, 5.41) is 2.74. The summed E-state index contributed by atoms with van der Waals surface area (Å²) >= 11 is 0. The molecule has 298 valence electrons. The lowest BCUT2D eigenvalue weighted by Gasteiger charge is -2.59. The van der Waals surface area contributed by atoms with E-state index in [4.69, 9.17) is 18.6 Å². The maximum absolute atomic E-state index is 13.0. The van der Waals surface area contributed by atoms with Crippen LogP contribution in [-0.2, 0) is 23.4 Å². The van der Waals surface area contributed by atoms with Crippen LogP contribution in [0.2, 0.25) is 5.04 Å². The van der Waals surface area contributed by atoms with E-state index in [-0.39, 0.29) is 46.8 Å². The molecule has 0 aromatic heterocycles. The molecule has 3 fully saturated rings. The molecule has 3 saturated carbocycles. The van der Waals surface area contributed by atoms with Crippen molar-refractivity contribution in [2.45, 2.75) is 143 Å². The molecular formula is C48H72O5Si. The second-order valence-electron chi connectivity index (χ2n) is 19.1. The van der Waals surface area contributed by atoms with Crippen LogP contribution in [0, 0.1) is 46.3 Å². The van der Waals surface area contributed by atoms with Crippen LogP contribution in [0.25, 0.3) is 0 Å². The first-order valence-electron chi connectivity index (χ1n) is 21.6. The number of allylic oxidation sites excluding steroid dienone is 1. The number of benzene rings is 2. The number of fused-ring (bicyclic) bond motifs is 5. The Bertz CT molecular complexity index is 1510. The Kier molecular flexibility index (Phi) is 13.1. The molecule has 6 heteroatoms. The first-order valence-corrected chi connectivity index (χ1v) is 23.5. The maximum atomic E-state index is 13.0. The molecule has 4 aliphatic carbocycles. The molecule has 0 aliphatic heterocycles. The molecule has 0 saturated heterocycles. The van der Waals surface area contributed by atoms with Crippen LogP contribution in [-0.4, -0.2) is 47.0 Å². The Balaban J connectivity index is 1.22. The van der Waals surface area contributed by atoms with Crippen LogP contribution in [0.5, 0.6) is 0 Å². The van der Waals surface area contributed by atoms with Crippen molar-refractivity contribution in [1.82, 2.24) is 0 Å². The van der Waals surface area contributed by atoms with E-state index in [1.807, 2.05) is 6.92 Å². The number of esters is 1. The van der Waals surface area contributed by atoms with Crippen LogP contribution in [0.1, 0.15) is 126 Å². The third kappa shape index (κ3) is 7.72. The van der Waals surface area contributed by atoms with Crippen molar-refractivity contribution in [3.05, 3.63) is 72.3 Å². The van der Waals surface area contributed by atoms with E-state index in [9.17, 15) is 4.79 Å². The standard InChI is InChI=1S/C48H72O5Si/c1-10-18-35(45(49)51-11-2)31-44(52-33-50-9)34(3)41-25-26-42-40-24-23-36-32-37(27-29-47(36,7)43(40)28-30-48(41,42)8)53-54(46(4,5)6,38-19-14-12-15-20-38)39-21-16-13-17-22-39/h12-17,19-23,34-35,37,40-44H,10-11,18,24-33H2,1-9H3/t34-,35+,37-,40-,41+,42-,43-,44-,47-,48+/m0/s1. The minimum atomic E-state index is -2.61. The van der Waals surface area contributed by atoms with Crippen LogP contribution < -0.4 is 10.4 Å². The van der Waals surface area contributed by atoms with E-state index in [2.05, 4.69) is 115 Å². The minimum Gasteiger partial charge on any atom is -0.466 e. The largest absolute Gasteiger partial charge is 0.466 e. The van der Waals surface area contributed by atoms with Gasteiger partial charge in [0.1, 0.15) is 6.79 Å². The Morgan fingerprint density at radius 2 is 1.57 bits per heavy atom. The molecule has 10 atom stereocenters. The van der Waals surface area contributed by atoms with Crippen molar-refractivity contribution in [3.8, 4) is 0 Å². The number of rotatable bonds is 15. The highest BCUT2D eigenvalue weighted by Gasteiger charge is 2.60. The predicted molar refractivity (Wildman–Crippen MR) is 223 cm³/mol. The molecule has 0 bridgehead atoms. The van der Waals surface area contributed by atoms with Crippen molar-refractivity contribution < 1.29 is 23.4 Å². The van der Waals surface area contributed by atoms with E-state index < -0.39 is 8.32 Å². The smallest absolute Gasteiger partial charge is 0.309 e. The van der Waals surface area contributed by atoms with Gasteiger partial charge in [-0.2, -0.15) is 0 Å². The monoisotopic (exact) mass is 757 g/mol. The zero-order valence-electron chi connectivity index (χ0n) is 35.2. The molecule has 2 aromatic carbocycles. The summed E-state index contributed by atoms with van der Waals surface area (Å²) in [4.78, 5) is 13.0. The number of hydrogen-bond acceptors (Lipinski definition) is 5. The average molecular weight is 757 g/mol. The van der Waals surface area contributed by atoms with Crippen LogP contribution in [0.15, 0.2) is 72.3 Å². The van der Waals surface area contributed by atoms with Gasteiger partial charge in [-0.1, -0.05) is 127 Å². The van der Waals surface area contributed by atoms with E-state index >= 15 is 0 Å². The van der Waals surface area contributed by atoms with Gasteiger partial charge in [-0.05, 0) is 127 Å². The molecule has 54 heavy (non-hydrogen) atoms. The lowest BCUT2D eigenvalue weighted by atomic mass is 9.47. The molecule has 0 amide bonds. The van der Waals surface area contributed by atoms with Crippen molar-refractivity contribution in [2.24, 2.45) is 46.3 Å². The van der Waals surface area contributed by atoms with Gasteiger partial charge in [-0.15, -0.1) is 0 Å². The fraction of sp³-hybridized carbons (Fsp3) is 0.688. The maximum Gasteiger partial charge on any atom is 0.309 e. The number of ether oxygens (including phenoxy) is 3. The second kappa shape index (κ2) is 17.1. The molecule has 4 aliphatic rings. The van der Waals surface area contributed by atoms with Gasteiger partial charge in [0.05, 0.1) is 18.6 Å². The lowest BCUT2D eigenvalue weighted by molar-refractivity contribution is -0.154. The first-order chi connectivity index (χ1) is 25.8. The quantitative estimate of drug-likeness (QED) is 0.0784. The minimum absolute atomic E-state index is 0.0180. The van der Waals surface area contributed by atoms with Crippen molar-refractivity contribution in [2.75, 3.05) is 20.5 Å². The molecular weight excluding hydrogens is 685 g/mol. The van der Waals surface area contributed by atoms with Crippen molar-refractivity contribution in [1.29, 1.82) is 0 Å². The van der Waals surface area contributed by atoms with Gasteiger partial charge >= 0.3 is 5.97 Å². The summed E-state index contributed by atoms with van der Waals surface area (Å²) in [7, 11) is -0.914. The molecule has 0 spiro atoms. The molecule has 0 N–H and O–H groups in total. The molecule has 6 rings (SSSR count). The van der Waals surface area contributed by atoms with Gasteiger partial charge < -0.3 is 18.6 Å². The first kappa shape index (κ1) is 41.4. The predicted octanol–water partition coefficient (Wildman–Crippen LogP) is 10.5. The summed E-state index contributed by atoms with van der Waals surface area (Å²) in [6, 6.07) is 22.4. The van der Waals surface area contributed by atoms with Crippen LogP contribution >= 0.6 is 0 Å². The Morgan fingerprint density at radius 3 is 2.17 bits per heavy atom. The Labute approximate surface area is 329 Å². The van der Waals surface area contributed by atoms with E-state index in [0.29, 0.717) is 24.9 Å².